The van der Waals surface area contributed by atoms with E-state index in [0.29, 0.717) is 19.3 Å². The molecule has 0 radical (unpaired) electrons. The highest BCUT2D eigenvalue weighted by atomic mass is 16.4. The molecule has 60 heavy (non-hydrogen) atoms. The molecule has 0 aromatic heterocycles. The number of allylic oxidation sites excluding steroid dienone is 2. The number of rotatable bonds is 47. The normalized spacial score (nSPS) is 11.0. The first-order chi connectivity index (χ1) is 29.3. The molecule has 0 fully saturated rings. The fourth-order valence-electron chi connectivity index (χ4n) is 7.64. The molecule has 0 rings (SSSR count). The van der Waals surface area contributed by atoms with Crippen LogP contribution in [-0.2, 0) is 14.4 Å². The lowest BCUT2D eigenvalue weighted by atomic mass is 10.0. The summed E-state index contributed by atoms with van der Waals surface area (Å²) >= 11 is 0. The minimum absolute atomic E-state index is 0.332. The van der Waals surface area contributed by atoms with Gasteiger partial charge in [0.15, 0.2) is 0 Å². The highest BCUT2D eigenvalue weighted by Crippen LogP contribution is 2.16. The number of carbonyl (C=O) groups is 3. The van der Waals surface area contributed by atoms with Crippen molar-refractivity contribution < 1.29 is 29.7 Å². The van der Waals surface area contributed by atoms with Gasteiger partial charge in [0.1, 0.15) is 0 Å². The molecule has 0 saturated heterocycles. The maximum absolute atomic E-state index is 10.3. The van der Waals surface area contributed by atoms with E-state index in [-0.39, 0.29) is 0 Å². The highest BCUT2D eigenvalue weighted by molar-refractivity contribution is 5.67. The van der Waals surface area contributed by atoms with Gasteiger partial charge in [-0.3, -0.25) is 14.4 Å². The van der Waals surface area contributed by atoms with Crippen LogP contribution in [0.15, 0.2) is 12.2 Å². The monoisotopic (exact) mass is 851 g/mol. The van der Waals surface area contributed by atoms with Gasteiger partial charge in [-0.05, 0) is 44.9 Å². The first kappa shape index (κ1) is 62.4. The van der Waals surface area contributed by atoms with Gasteiger partial charge in [-0.1, -0.05) is 264 Å². The SMILES string of the molecule is CCCCCCCCC=CCCCCCCCC(=O)O.CCCCCCCCCCCCCCCCCC(=O)O.CCCCCCCCCCCCCCCCCC(=O)O. The Balaban J connectivity index is -0.000000812. The van der Waals surface area contributed by atoms with E-state index in [1.165, 1.54) is 238 Å². The topological polar surface area (TPSA) is 112 Å². The van der Waals surface area contributed by atoms with Gasteiger partial charge in [0.05, 0.1) is 0 Å². The van der Waals surface area contributed by atoms with Gasteiger partial charge in [-0.15, -0.1) is 0 Å². The van der Waals surface area contributed by atoms with Gasteiger partial charge in [-0.25, -0.2) is 0 Å². The van der Waals surface area contributed by atoms with Crippen molar-refractivity contribution in [1.29, 1.82) is 0 Å². The number of carboxylic acids is 3. The van der Waals surface area contributed by atoms with E-state index >= 15 is 0 Å². The highest BCUT2D eigenvalue weighted by Gasteiger charge is 1.99. The Labute approximate surface area is 374 Å². The van der Waals surface area contributed by atoms with E-state index in [9.17, 15) is 14.4 Å². The summed E-state index contributed by atoms with van der Waals surface area (Å²) in [5.41, 5.74) is 0. The summed E-state index contributed by atoms with van der Waals surface area (Å²) in [6.45, 7) is 6.80. The molecule has 6 nitrogen and oxygen atoms in total. The first-order valence-corrected chi connectivity index (χ1v) is 26.6. The summed E-state index contributed by atoms with van der Waals surface area (Å²) in [6, 6.07) is 0. The standard InChI is InChI=1S/2C18H36O2.C18H34O2/c3*1-2-3-4-5-6-7-8-9-10-11-12-13-14-15-16-17-18(19)20/h2*2-17H2,1H3,(H,19,20);9-10H,2-8,11-17H2,1H3,(H,19,20). The van der Waals surface area contributed by atoms with Crippen molar-refractivity contribution in [1.82, 2.24) is 0 Å². The number of hydrogen-bond acceptors (Lipinski definition) is 3. The van der Waals surface area contributed by atoms with Gasteiger partial charge >= 0.3 is 17.9 Å². The molecule has 0 aromatic carbocycles. The van der Waals surface area contributed by atoms with Crippen LogP contribution in [0.4, 0.5) is 0 Å². The fourth-order valence-corrected chi connectivity index (χ4v) is 7.64. The minimum atomic E-state index is -0.664. The second kappa shape index (κ2) is 59.2. The van der Waals surface area contributed by atoms with Crippen LogP contribution in [0.1, 0.15) is 316 Å². The molecule has 0 aliphatic rings. The Hall–Kier alpha value is -1.85. The average molecular weight is 851 g/mol. The molecular weight excluding hydrogens is 745 g/mol. The van der Waals surface area contributed by atoms with Gasteiger partial charge < -0.3 is 15.3 Å². The lowest BCUT2D eigenvalue weighted by Crippen LogP contribution is -1.93. The minimum Gasteiger partial charge on any atom is -0.481 e. The quantitative estimate of drug-likeness (QED) is 0.0415. The molecule has 0 amide bonds. The van der Waals surface area contributed by atoms with Crippen LogP contribution in [0, 0.1) is 0 Å². The van der Waals surface area contributed by atoms with E-state index in [1.807, 2.05) is 0 Å². The fraction of sp³-hybridized carbons (Fsp3) is 0.907. The van der Waals surface area contributed by atoms with Crippen molar-refractivity contribution in [3.63, 3.8) is 0 Å². The van der Waals surface area contributed by atoms with Gasteiger partial charge in [0.2, 0.25) is 0 Å². The maximum Gasteiger partial charge on any atom is 0.303 e. The van der Waals surface area contributed by atoms with Crippen molar-refractivity contribution in [3.8, 4) is 0 Å². The molecule has 0 heterocycles. The van der Waals surface area contributed by atoms with Crippen LogP contribution in [-0.4, -0.2) is 33.2 Å². The molecule has 0 unspecified atom stereocenters. The van der Waals surface area contributed by atoms with E-state index < -0.39 is 17.9 Å². The van der Waals surface area contributed by atoms with E-state index in [1.54, 1.807) is 0 Å². The van der Waals surface area contributed by atoms with Crippen LogP contribution in [0.3, 0.4) is 0 Å². The van der Waals surface area contributed by atoms with Gasteiger partial charge in [0, 0.05) is 19.3 Å². The summed E-state index contributed by atoms with van der Waals surface area (Å²) in [5.74, 6) is -1.97. The lowest BCUT2D eigenvalue weighted by molar-refractivity contribution is -0.138. The molecule has 0 aliphatic carbocycles. The third-order valence-corrected chi connectivity index (χ3v) is 11.6. The summed E-state index contributed by atoms with van der Waals surface area (Å²) in [6.07, 6.45) is 61.6. The van der Waals surface area contributed by atoms with Crippen LogP contribution >= 0.6 is 0 Å². The number of unbranched alkanes of at least 4 members (excludes halogenated alkanes) is 39. The number of aliphatic carboxylic acids is 3. The molecule has 6 heteroatoms. The lowest BCUT2D eigenvalue weighted by Gasteiger charge is -2.03. The van der Waals surface area contributed by atoms with Crippen molar-refractivity contribution in [2.75, 3.05) is 0 Å². The molecule has 358 valence electrons. The predicted molar refractivity (Wildman–Crippen MR) is 261 cm³/mol. The Kier molecular flexibility index (Phi) is 61.7. The third-order valence-electron chi connectivity index (χ3n) is 11.6. The second-order valence-corrected chi connectivity index (χ2v) is 17.9. The number of hydrogen-bond donors (Lipinski definition) is 3. The van der Waals surface area contributed by atoms with Crippen LogP contribution in [0.5, 0.6) is 0 Å². The summed E-state index contributed by atoms with van der Waals surface area (Å²) < 4.78 is 0. The van der Waals surface area contributed by atoms with Crippen molar-refractivity contribution in [3.05, 3.63) is 12.2 Å². The Bertz CT molecular complexity index is 811. The van der Waals surface area contributed by atoms with Gasteiger partial charge in [0.25, 0.3) is 0 Å². The summed E-state index contributed by atoms with van der Waals surface area (Å²) in [5, 5.41) is 25.5. The number of carboxylic acid groups (broad SMARTS) is 3. The molecule has 0 aromatic rings. The zero-order valence-corrected chi connectivity index (χ0v) is 40.7. The predicted octanol–water partition coefficient (Wildman–Crippen LogP) is 18.8. The Morgan fingerprint density at radius 2 is 0.400 bits per heavy atom. The van der Waals surface area contributed by atoms with Crippen LogP contribution < -0.4 is 0 Å². The molecule has 0 bridgehead atoms. The smallest absolute Gasteiger partial charge is 0.303 e. The van der Waals surface area contributed by atoms with E-state index in [2.05, 4.69) is 32.9 Å². The summed E-state index contributed by atoms with van der Waals surface area (Å²) in [4.78, 5) is 31.0. The molecule has 0 atom stereocenters. The molecule has 0 saturated carbocycles. The van der Waals surface area contributed by atoms with E-state index in [0.717, 1.165) is 38.5 Å². The van der Waals surface area contributed by atoms with Crippen molar-refractivity contribution in [2.45, 2.75) is 316 Å². The maximum atomic E-state index is 10.3. The zero-order chi connectivity index (χ0) is 44.7. The van der Waals surface area contributed by atoms with Crippen LogP contribution in [0.25, 0.3) is 0 Å². The average Bonchev–Trinajstić information content (AvgIpc) is 3.22. The van der Waals surface area contributed by atoms with Crippen molar-refractivity contribution in [2.24, 2.45) is 0 Å². The van der Waals surface area contributed by atoms with Gasteiger partial charge in [-0.2, -0.15) is 0 Å². The molecule has 0 spiro atoms. The largest absolute Gasteiger partial charge is 0.481 e. The van der Waals surface area contributed by atoms with E-state index in [4.69, 9.17) is 15.3 Å². The second-order valence-electron chi connectivity index (χ2n) is 17.9. The Morgan fingerprint density at radius 1 is 0.250 bits per heavy atom. The molecule has 0 aliphatic heterocycles. The molecular formula is C54H106O6. The third kappa shape index (κ3) is 70.7. The Morgan fingerprint density at radius 3 is 0.567 bits per heavy atom. The first-order valence-electron chi connectivity index (χ1n) is 26.6. The zero-order valence-electron chi connectivity index (χ0n) is 40.7. The van der Waals surface area contributed by atoms with Crippen molar-refractivity contribution >= 4 is 17.9 Å². The van der Waals surface area contributed by atoms with Crippen LogP contribution in [0.2, 0.25) is 0 Å². The molecule has 3 N–H and O–H groups in total. The summed E-state index contributed by atoms with van der Waals surface area (Å²) in [7, 11) is 0.